The highest BCUT2D eigenvalue weighted by molar-refractivity contribution is 5.88. The molecule has 0 spiro atoms. The molecule has 4 rings (SSSR count). The third-order valence-corrected chi connectivity index (χ3v) is 5.19. The number of carbonyl (C=O) groups is 1. The van der Waals surface area contributed by atoms with E-state index in [0.29, 0.717) is 5.76 Å². The Kier molecular flexibility index (Phi) is 5.12. The van der Waals surface area contributed by atoms with E-state index in [9.17, 15) is 4.79 Å². The summed E-state index contributed by atoms with van der Waals surface area (Å²) in [7, 11) is 0. The summed E-state index contributed by atoms with van der Waals surface area (Å²) in [4.78, 5) is 12.2. The highest BCUT2D eigenvalue weighted by atomic mass is 16.5. The summed E-state index contributed by atoms with van der Waals surface area (Å²) >= 11 is 0. The van der Waals surface area contributed by atoms with E-state index in [1.54, 1.807) is 0 Å². The molecule has 28 heavy (non-hydrogen) atoms. The van der Waals surface area contributed by atoms with Crippen LogP contribution in [-0.2, 0) is 22.4 Å². The Morgan fingerprint density at radius 2 is 1.79 bits per heavy atom. The maximum atomic E-state index is 12.2. The van der Waals surface area contributed by atoms with Crippen molar-refractivity contribution in [2.45, 2.75) is 26.7 Å². The van der Waals surface area contributed by atoms with Crippen LogP contribution in [0.2, 0.25) is 0 Å². The molecule has 0 aliphatic heterocycles. The molecule has 0 saturated heterocycles. The summed E-state index contributed by atoms with van der Waals surface area (Å²) in [6, 6.07) is 13.1. The zero-order valence-electron chi connectivity index (χ0n) is 16.3. The fourth-order valence-corrected chi connectivity index (χ4v) is 3.79. The minimum absolute atomic E-state index is 0.245. The molecule has 2 aromatic rings. The van der Waals surface area contributed by atoms with Crippen molar-refractivity contribution in [3.63, 3.8) is 0 Å². The van der Waals surface area contributed by atoms with E-state index in [-0.39, 0.29) is 11.9 Å². The quantitative estimate of drug-likeness (QED) is 0.493. The number of rotatable bonds is 3. The van der Waals surface area contributed by atoms with Gasteiger partial charge in [0.1, 0.15) is 5.76 Å². The van der Waals surface area contributed by atoms with Crippen LogP contribution >= 0.6 is 0 Å². The van der Waals surface area contributed by atoms with Gasteiger partial charge in [-0.3, -0.25) is 0 Å². The van der Waals surface area contributed by atoms with Gasteiger partial charge in [0, 0.05) is 6.08 Å². The molecule has 0 amide bonds. The molecule has 0 heterocycles. The first-order valence-corrected chi connectivity index (χ1v) is 9.78. The maximum Gasteiger partial charge on any atom is 0.336 e. The average Bonchev–Trinajstić information content (AvgIpc) is 2.89. The molecule has 2 aliphatic carbocycles. The molecule has 0 aromatic heterocycles. The van der Waals surface area contributed by atoms with Gasteiger partial charge < -0.3 is 4.74 Å². The van der Waals surface area contributed by atoms with Crippen molar-refractivity contribution >= 4 is 12.0 Å². The van der Waals surface area contributed by atoms with Crippen molar-refractivity contribution < 1.29 is 9.53 Å². The molecule has 0 radical (unpaired) electrons. The van der Waals surface area contributed by atoms with E-state index in [1.165, 1.54) is 33.9 Å². The summed E-state index contributed by atoms with van der Waals surface area (Å²) in [5, 5.41) is 0. The molecule has 2 aromatic carbocycles. The third kappa shape index (κ3) is 4.07. The molecular formula is C26H24O2. The Labute approximate surface area is 166 Å². The van der Waals surface area contributed by atoms with Gasteiger partial charge in [-0.15, -0.1) is 0 Å². The second kappa shape index (κ2) is 7.85. The molecule has 0 saturated carbocycles. The lowest BCUT2D eigenvalue weighted by Gasteiger charge is -2.20. The maximum absolute atomic E-state index is 12.2. The number of carbonyl (C=O) groups excluding carboxylic acids is 1. The van der Waals surface area contributed by atoms with Crippen LogP contribution in [0, 0.1) is 12.8 Å². The molecule has 0 fully saturated rings. The van der Waals surface area contributed by atoms with E-state index < -0.39 is 0 Å². The van der Waals surface area contributed by atoms with Crippen LogP contribution in [0.5, 0.6) is 0 Å². The first-order chi connectivity index (χ1) is 13.6. The van der Waals surface area contributed by atoms with Gasteiger partial charge in [0.15, 0.2) is 0 Å². The number of esters is 1. The Morgan fingerprint density at radius 3 is 2.61 bits per heavy atom. The minimum atomic E-state index is -0.358. The Balaban J connectivity index is 1.49. The molecular weight excluding hydrogens is 344 g/mol. The summed E-state index contributed by atoms with van der Waals surface area (Å²) < 4.78 is 5.44. The second-order valence-electron chi connectivity index (χ2n) is 7.50. The monoisotopic (exact) mass is 368 g/mol. The largest absolute Gasteiger partial charge is 0.424 e. The molecule has 0 N–H and O–H groups in total. The first-order valence-electron chi connectivity index (χ1n) is 9.78. The topological polar surface area (TPSA) is 26.3 Å². The van der Waals surface area contributed by atoms with Crippen LogP contribution in [0.15, 0.2) is 78.6 Å². The highest BCUT2D eigenvalue weighted by Crippen LogP contribution is 2.34. The number of benzene rings is 2. The lowest BCUT2D eigenvalue weighted by Crippen LogP contribution is -2.04. The van der Waals surface area contributed by atoms with Gasteiger partial charge in [-0.1, -0.05) is 67.1 Å². The smallest absolute Gasteiger partial charge is 0.336 e. The van der Waals surface area contributed by atoms with Crippen molar-refractivity contribution in [3.05, 3.63) is 101 Å². The summed E-state index contributed by atoms with van der Waals surface area (Å²) in [6.07, 6.45) is 15.1. The molecule has 0 bridgehead atoms. The van der Waals surface area contributed by atoms with E-state index in [2.05, 4.69) is 56.3 Å². The summed E-state index contributed by atoms with van der Waals surface area (Å²) in [6.45, 7) is 4.20. The molecule has 1 atom stereocenters. The van der Waals surface area contributed by atoms with Gasteiger partial charge in [0.2, 0.25) is 0 Å². The molecule has 2 heteroatoms. The molecule has 2 aliphatic rings. The van der Waals surface area contributed by atoms with Gasteiger partial charge in [-0.25, -0.2) is 4.79 Å². The zero-order valence-corrected chi connectivity index (χ0v) is 16.3. The number of hydrogen-bond acceptors (Lipinski definition) is 2. The van der Waals surface area contributed by atoms with E-state index >= 15 is 0 Å². The number of fused-ring (bicyclic) bond motifs is 3. The van der Waals surface area contributed by atoms with Crippen LogP contribution in [0.3, 0.4) is 0 Å². The van der Waals surface area contributed by atoms with Crippen molar-refractivity contribution in [3.8, 4) is 11.1 Å². The van der Waals surface area contributed by atoms with Crippen LogP contribution in [0.25, 0.3) is 17.2 Å². The van der Waals surface area contributed by atoms with Crippen molar-refractivity contribution in [2.24, 2.45) is 5.92 Å². The van der Waals surface area contributed by atoms with Gasteiger partial charge in [0.25, 0.3) is 0 Å². The van der Waals surface area contributed by atoms with E-state index in [1.807, 2.05) is 30.4 Å². The van der Waals surface area contributed by atoms with Gasteiger partial charge in [-0.2, -0.15) is 0 Å². The van der Waals surface area contributed by atoms with Crippen molar-refractivity contribution in [1.29, 1.82) is 0 Å². The van der Waals surface area contributed by atoms with Crippen LogP contribution in [-0.4, -0.2) is 5.97 Å². The molecule has 1 unspecified atom stereocenters. The predicted molar refractivity (Wildman–Crippen MR) is 115 cm³/mol. The Morgan fingerprint density at radius 1 is 1.04 bits per heavy atom. The lowest BCUT2D eigenvalue weighted by molar-refractivity contribution is -0.133. The van der Waals surface area contributed by atoms with E-state index in [4.69, 9.17) is 4.74 Å². The number of hydrogen-bond donors (Lipinski definition) is 0. The summed E-state index contributed by atoms with van der Waals surface area (Å²) in [5.74, 6) is 0.474. The van der Waals surface area contributed by atoms with E-state index in [0.717, 1.165) is 18.4 Å². The summed E-state index contributed by atoms with van der Waals surface area (Å²) in [5.41, 5.74) is 7.72. The standard InChI is InChI=1S/C26H24O2/c1-18-5-3-4-6-23(16-18)28-26(27)14-9-20-8-13-25-22(17-20)11-10-21-15-19(2)7-12-24(21)25/h3-9,12-18H,10-11H2,1-2H3/b14-9+. The number of allylic oxidation sites excluding steroid dienone is 5. The Bertz CT molecular complexity index is 1030. The van der Waals surface area contributed by atoms with Crippen LogP contribution in [0.4, 0.5) is 0 Å². The fraction of sp³-hybridized carbons (Fsp3) is 0.192. The second-order valence-corrected chi connectivity index (χ2v) is 7.50. The number of ether oxygens (including phenoxy) is 1. The molecule has 140 valence electrons. The fourth-order valence-electron chi connectivity index (χ4n) is 3.79. The van der Waals surface area contributed by atoms with Gasteiger partial charge >= 0.3 is 5.97 Å². The lowest BCUT2D eigenvalue weighted by atomic mass is 9.84. The van der Waals surface area contributed by atoms with Gasteiger partial charge in [0.05, 0.1) is 0 Å². The van der Waals surface area contributed by atoms with Crippen LogP contribution in [0.1, 0.15) is 29.2 Å². The van der Waals surface area contributed by atoms with Crippen molar-refractivity contribution in [1.82, 2.24) is 0 Å². The normalized spacial score (nSPS) is 17.6. The van der Waals surface area contributed by atoms with Crippen molar-refractivity contribution in [2.75, 3.05) is 0 Å². The Hall–Kier alpha value is -3.13. The predicted octanol–water partition coefficient (Wildman–Crippen LogP) is 5.96. The first kappa shape index (κ1) is 18.2. The number of aryl methyl sites for hydroxylation is 3. The third-order valence-electron chi connectivity index (χ3n) is 5.19. The van der Waals surface area contributed by atoms with Gasteiger partial charge in [-0.05, 0) is 71.7 Å². The molecule has 2 nitrogen and oxygen atoms in total. The SMILES string of the molecule is Cc1ccc2c(c1)CCc1cc(/C=C/C(=O)OC3=CC(C)C=CC=C3)ccc1-2. The average molecular weight is 368 g/mol. The highest BCUT2D eigenvalue weighted by Gasteiger charge is 2.16. The minimum Gasteiger partial charge on any atom is -0.424 e. The van der Waals surface area contributed by atoms with Crippen LogP contribution < -0.4 is 0 Å². The zero-order chi connectivity index (χ0) is 19.5.